The third-order valence-electron chi connectivity index (χ3n) is 4.87. The molecule has 1 fully saturated rings. The predicted molar refractivity (Wildman–Crippen MR) is 110 cm³/mol. The molecule has 8 heteroatoms. The van der Waals surface area contributed by atoms with Crippen molar-refractivity contribution in [1.82, 2.24) is 10.2 Å². The Kier molecular flexibility index (Phi) is 9.94. The lowest BCUT2D eigenvalue weighted by atomic mass is 9.87. The summed E-state index contributed by atoms with van der Waals surface area (Å²) in [6, 6.07) is 7.54. The monoisotopic (exact) mass is 455 g/mol. The predicted octanol–water partition coefficient (Wildman–Crippen LogP) is 2.69. The lowest BCUT2D eigenvalue weighted by molar-refractivity contribution is -0.127. The number of hydrogen-bond donors (Lipinski definition) is 2. The van der Waals surface area contributed by atoms with Crippen LogP contribution in [-0.4, -0.2) is 50.2 Å². The molecular weight excluding hydrogens is 429 g/mol. The van der Waals surface area contributed by atoms with Crippen LogP contribution < -0.4 is 11.1 Å². The minimum Gasteiger partial charge on any atom is -0.381 e. The molecule has 0 radical (unpaired) electrons. The van der Waals surface area contributed by atoms with Gasteiger partial charge in [-0.2, -0.15) is 0 Å². The number of nitrogens with zero attached hydrogens (tertiary/aromatic N) is 1. The van der Waals surface area contributed by atoms with Crippen LogP contribution in [0.3, 0.4) is 0 Å². The molecule has 3 N–H and O–H groups in total. The second-order valence-corrected chi connectivity index (χ2v) is 7.54. The molecule has 0 spiro atoms. The fourth-order valence-corrected chi connectivity index (χ4v) is 3.15. The molecule has 1 saturated heterocycles. The molecule has 1 aliphatic rings. The van der Waals surface area contributed by atoms with Gasteiger partial charge in [0.05, 0.1) is 0 Å². The maximum absolute atomic E-state index is 12.7. The second-order valence-electron chi connectivity index (χ2n) is 6.62. The van der Waals surface area contributed by atoms with Crippen LogP contribution in [0.4, 0.5) is 0 Å². The minimum atomic E-state index is -1.06. The number of likely N-dealkylation sites (N-methyl/N-ethyl adjacent to an activating group) is 1. The van der Waals surface area contributed by atoms with Crippen LogP contribution in [0.2, 0.25) is 0 Å². The third-order valence-corrected chi connectivity index (χ3v) is 5.39. The first kappa shape index (κ1) is 24.6. The normalized spacial score (nSPS) is 18.5. The molecule has 1 heterocycles. The van der Waals surface area contributed by atoms with Gasteiger partial charge in [0.15, 0.2) is 0 Å². The van der Waals surface area contributed by atoms with E-state index >= 15 is 0 Å². The summed E-state index contributed by atoms with van der Waals surface area (Å²) in [5, 5.41) is 3.06. The van der Waals surface area contributed by atoms with Crippen LogP contribution in [-0.2, 0) is 15.1 Å². The zero-order chi connectivity index (χ0) is 17.1. The summed E-state index contributed by atoms with van der Waals surface area (Å²) >= 11 is 3.40. The summed E-state index contributed by atoms with van der Waals surface area (Å²) < 4.78 is 6.43. The number of carbonyl (C=O) groups is 1. The first-order chi connectivity index (χ1) is 10.8. The Balaban J connectivity index is 0.00000288. The smallest absolute Gasteiger partial charge is 0.244 e. The zero-order valence-corrected chi connectivity index (χ0v) is 18.1. The van der Waals surface area contributed by atoms with Crippen LogP contribution in [0, 0.1) is 0 Å². The lowest BCUT2D eigenvalue weighted by Crippen LogP contribution is -2.58. The number of benzene rings is 1. The van der Waals surface area contributed by atoms with Gasteiger partial charge in [-0.05, 0) is 51.6 Å². The highest BCUT2D eigenvalue weighted by atomic mass is 79.9. The van der Waals surface area contributed by atoms with E-state index in [4.69, 9.17) is 10.5 Å². The molecule has 5 nitrogen and oxygen atoms in total. The molecule has 0 aliphatic carbocycles. The van der Waals surface area contributed by atoms with E-state index in [-0.39, 0.29) is 36.3 Å². The standard InChI is InChI=1S/C17H26BrN3O2.2ClH/c1-16(19,13-4-6-14(18)7-5-13)15(22)20-12-17(21(2)3)8-10-23-11-9-17;;/h4-7H,8-12,19H2,1-3H3,(H,20,22);2*1H. The van der Waals surface area contributed by atoms with Gasteiger partial charge >= 0.3 is 0 Å². The number of amides is 1. The van der Waals surface area contributed by atoms with Crippen molar-refractivity contribution in [2.45, 2.75) is 30.8 Å². The molecular formula is C17H28BrCl2N3O2. The van der Waals surface area contributed by atoms with Gasteiger partial charge in [-0.25, -0.2) is 0 Å². The molecule has 2 rings (SSSR count). The van der Waals surface area contributed by atoms with Crippen molar-refractivity contribution in [3.05, 3.63) is 34.3 Å². The van der Waals surface area contributed by atoms with Crippen molar-refractivity contribution in [3.63, 3.8) is 0 Å². The van der Waals surface area contributed by atoms with E-state index in [9.17, 15) is 4.79 Å². The summed E-state index contributed by atoms with van der Waals surface area (Å²) in [7, 11) is 4.10. The largest absolute Gasteiger partial charge is 0.381 e. The van der Waals surface area contributed by atoms with Crippen LogP contribution in [0.15, 0.2) is 28.7 Å². The van der Waals surface area contributed by atoms with Gasteiger partial charge in [-0.3, -0.25) is 4.79 Å². The summed E-state index contributed by atoms with van der Waals surface area (Å²) in [5.74, 6) is -0.160. The molecule has 1 unspecified atom stereocenters. The van der Waals surface area contributed by atoms with Crippen molar-refractivity contribution in [2.24, 2.45) is 5.73 Å². The Bertz CT molecular complexity index is 547. The maximum Gasteiger partial charge on any atom is 0.244 e. The van der Waals surface area contributed by atoms with Gasteiger partial charge in [-0.15, -0.1) is 24.8 Å². The van der Waals surface area contributed by atoms with Crippen molar-refractivity contribution in [1.29, 1.82) is 0 Å². The van der Waals surface area contributed by atoms with Crippen molar-refractivity contribution < 1.29 is 9.53 Å². The summed E-state index contributed by atoms with van der Waals surface area (Å²) in [6.07, 6.45) is 1.81. The van der Waals surface area contributed by atoms with Crippen molar-refractivity contribution >= 4 is 46.7 Å². The zero-order valence-electron chi connectivity index (χ0n) is 14.9. The van der Waals surface area contributed by atoms with E-state index in [1.54, 1.807) is 6.92 Å². The molecule has 1 aromatic rings. The van der Waals surface area contributed by atoms with E-state index in [0.29, 0.717) is 6.54 Å². The van der Waals surface area contributed by atoms with Gasteiger partial charge in [0, 0.05) is 29.8 Å². The number of hydrogen-bond acceptors (Lipinski definition) is 4. The van der Waals surface area contributed by atoms with Crippen LogP contribution in [0.5, 0.6) is 0 Å². The number of carbonyl (C=O) groups excluding carboxylic acids is 1. The van der Waals surface area contributed by atoms with Gasteiger partial charge in [0.2, 0.25) is 5.91 Å². The lowest BCUT2D eigenvalue weighted by Gasteiger charge is -2.43. The molecule has 25 heavy (non-hydrogen) atoms. The third kappa shape index (κ3) is 5.81. The van der Waals surface area contributed by atoms with Gasteiger partial charge in [0.25, 0.3) is 0 Å². The maximum atomic E-state index is 12.7. The van der Waals surface area contributed by atoms with Crippen LogP contribution in [0.1, 0.15) is 25.3 Å². The van der Waals surface area contributed by atoms with Gasteiger partial charge < -0.3 is 20.7 Å². The highest BCUT2D eigenvalue weighted by molar-refractivity contribution is 9.10. The Morgan fingerprint density at radius 2 is 1.80 bits per heavy atom. The number of nitrogens with two attached hydrogens (primary N) is 1. The SMILES string of the molecule is CN(C)C1(CNC(=O)C(C)(N)c2ccc(Br)cc2)CCOCC1.Cl.Cl. The molecule has 0 saturated carbocycles. The Morgan fingerprint density at radius 3 is 2.28 bits per heavy atom. The first-order valence-corrected chi connectivity index (χ1v) is 8.66. The average molecular weight is 457 g/mol. The van der Waals surface area contributed by atoms with Crippen molar-refractivity contribution in [2.75, 3.05) is 33.9 Å². The fraction of sp³-hybridized carbons (Fsp3) is 0.588. The van der Waals surface area contributed by atoms with E-state index in [2.05, 4.69) is 26.1 Å². The van der Waals surface area contributed by atoms with E-state index in [0.717, 1.165) is 36.1 Å². The van der Waals surface area contributed by atoms with Crippen LogP contribution >= 0.6 is 40.7 Å². The Labute approximate surface area is 171 Å². The number of halogens is 3. The quantitative estimate of drug-likeness (QED) is 0.714. The number of nitrogens with one attached hydrogen (secondary N) is 1. The second kappa shape index (κ2) is 10.1. The molecule has 1 aromatic carbocycles. The number of ether oxygens (including phenoxy) is 1. The Hall–Kier alpha value is -0.370. The molecule has 144 valence electrons. The molecule has 1 amide bonds. The van der Waals surface area contributed by atoms with Gasteiger partial charge in [-0.1, -0.05) is 28.1 Å². The minimum absolute atomic E-state index is 0. The van der Waals surface area contributed by atoms with Crippen LogP contribution in [0.25, 0.3) is 0 Å². The summed E-state index contributed by atoms with van der Waals surface area (Å²) in [6.45, 7) is 3.77. The molecule has 1 atom stereocenters. The average Bonchev–Trinajstić information content (AvgIpc) is 2.53. The summed E-state index contributed by atoms with van der Waals surface area (Å²) in [4.78, 5) is 14.8. The topological polar surface area (TPSA) is 67.6 Å². The highest BCUT2D eigenvalue weighted by Crippen LogP contribution is 2.26. The van der Waals surface area contributed by atoms with Crippen molar-refractivity contribution in [3.8, 4) is 0 Å². The number of rotatable bonds is 5. The molecule has 0 aromatic heterocycles. The Morgan fingerprint density at radius 1 is 1.28 bits per heavy atom. The van der Waals surface area contributed by atoms with E-state index in [1.807, 2.05) is 38.4 Å². The summed E-state index contributed by atoms with van der Waals surface area (Å²) in [5.41, 5.74) is 5.97. The van der Waals surface area contributed by atoms with E-state index in [1.165, 1.54) is 0 Å². The van der Waals surface area contributed by atoms with Gasteiger partial charge in [0.1, 0.15) is 5.54 Å². The molecule has 1 aliphatic heterocycles. The van der Waals surface area contributed by atoms with E-state index < -0.39 is 5.54 Å². The highest BCUT2D eigenvalue weighted by Gasteiger charge is 2.37. The molecule has 0 bridgehead atoms. The fourth-order valence-electron chi connectivity index (χ4n) is 2.89. The first-order valence-electron chi connectivity index (χ1n) is 7.86.